The molecule has 1 fully saturated rings. The van der Waals surface area contributed by atoms with Gasteiger partial charge in [0, 0.05) is 0 Å². The van der Waals surface area contributed by atoms with Gasteiger partial charge in [0.05, 0.1) is 0 Å². The fourth-order valence-corrected chi connectivity index (χ4v) is 6.72. The van der Waals surface area contributed by atoms with Gasteiger partial charge in [-0.05, 0) is 0 Å². The van der Waals surface area contributed by atoms with Crippen molar-refractivity contribution < 1.29 is 9.53 Å². The summed E-state index contributed by atoms with van der Waals surface area (Å²) in [5.74, 6) is 2.95. The van der Waals surface area contributed by atoms with Crippen molar-refractivity contribution in [2.75, 3.05) is 13.1 Å². The monoisotopic (exact) mass is 534 g/mol. The molecule has 1 aliphatic heterocycles. The number of hydrogen-bond donors (Lipinski definition) is 0. The summed E-state index contributed by atoms with van der Waals surface area (Å²) in [5, 5.41) is 0. The zero-order chi connectivity index (χ0) is 20.2. The molecule has 29 heavy (non-hydrogen) atoms. The van der Waals surface area contributed by atoms with Gasteiger partial charge >= 0.3 is 189 Å². The standard InChI is InChI=1S/C20H20AsBrN4O2S/c1-13(27)26-9-7-14(8-10-26)19-24-20(29-25-19)21-18-17(11-15(22)12-23-18)28-16-5-3-2-4-6-16/h2-6,11-12,14,21H,7-10H2,1H3. The molecule has 6 nitrogen and oxygen atoms in total. The molecule has 0 spiro atoms. The molecule has 1 saturated heterocycles. The maximum absolute atomic E-state index is 11.5. The molecule has 1 atom stereocenters. The van der Waals surface area contributed by atoms with E-state index in [9.17, 15) is 4.79 Å². The van der Waals surface area contributed by atoms with E-state index in [-0.39, 0.29) is 5.91 Å². The summed E-state index contributed by atoms with van der Waals surface area (Å²) < 4.78 is 13.6. The summed E-state index contributed by atoms with van der Waals surface area (Å²) in [6.45, 7) is 3.20. The van der Waals surface area contributed by atoms with Crippen LogP contribution in [0.2, 0.25) is 0 Å². The normalized spacial score (nSPS) is 15.2. The van der Waals surface area contributed by atoms with Crippen LogP contribution in [0, 0.1) is 0 Å². The van der Waals surface area contributed by atoms with Gasteiger partial charge in [-0.1, -0.05) is 0 Å². The van der Waals surface area contributed by atoms with Gasteiger partial charge in [-0.15, -0.1) is 0 Å². The summed E-state index contributed by atoms with van der Waals surface area (Å²) in [7, 11) is 0. The molecule has 1 aromatic carbocycles. The summed E-state index contributed by atoms with van der Waals surface area (Å²) in [6, 6.07) is 11.7. The van der Waals surface area contributed by atoms with Gasteiger partial charge in [-0.3, -0.25) is 0 Å². The molecule has 1 aliphatic rings. The number of nitrogens with zero attached hydrogens (tertiary/aromatic N) is 4. The van der Waals surface area contributed by atoms with Crippen LogP contribution < -0.4 is 13.0 Å². The summed E-state index contributed by atoms with van der Waals surface area (Å²) in [6.07, 6.45) is 3.65. The zero-order valence-corrected chi connectivity index (χ0v) is 20.3. The molecule has 0 radical (unpaired) electrons. The van der Waals surface area contributed by atoms with Gasteiger partial charge in [-0.2, -0.15) is 0 Å². The minimum atomic E-state index is -0.762. The molecule has 3 heterocycles. The number of halogens is 1. The molecular formula is C20H20AsBrN4O2S. The fraction of sp³-hybridized carbons (Fsp3) is 0.300. The molecule has 0 saturated carbocycles. The third kappa shape index (κ3) is 5.24. The van der Waals surface area contributed by atoms with Crippen molar-refractivity contribution in [3.63, 3.8) is 0 Å². The molecule has 2 aromatic heterocycles. The van der Waals surface area contributed by atoms with Gasteiger partial charge in [0.1, 0.15) is 0 Å². The third-order valence-electron chi connectivity index (χ3n) is 4.76. The Morgan fingerprint density at radius 2 is 2.03 bits per heavy atom. The van der Waals surface area contributed by atoms with E-state index in [4.69, 9.17) is 9.72 Å². The van der Waals surface area contributed by atoms with Crippen LogP contribution in [0.3, 0.4) is 0 Å². The van der Waals surface area contributed by atoms with E-state index in [1.165, 1.54) is 11.5 Å². The Kier molecular flexibility index (Phi) is 6.63. The second-order valence-corrected chi connectivity index (χ2v) is 11.7. The van der Waals surface area contributed by atoms with E-state index < -0.39 is 15.8 Å². The molecule has 0 bridgehead atoms. The van der Waals surface area contributed by atoms with E-state index >= 15 is 0 Å². The number of piperidine rings is 1. The number of likely N-dealkylation sites (tertiary alicyclic amines) is 1. The van der Waals surface area contributed by atoms with Crippen LogP contribution in [0.5, 0.6) is 11.5 Å². The zero-order valence-electron chi connectivity index (χ0n) is 15.8. The molecule has 1 unspecified atom stereocenters. The summed E-state index contributed by atoms with van der Waals surface area (Å²) >= 11 is 4.19. The number of aromatic nitrogens is 3. The number of hydrogen-bond acceptors (Lipinski definition) is 6. The molecule has 0 aliphatic carbocycles. The average Bonchev–Trinajstić information content (AvgIpc) is 3.19. The first kappa shape index (κ1) is 20.5. The van der Waals surface area contributed by atoms with E-state index in [1.54, 1.807) is 13.1 Å². The first-order valence-corrected chi connectivity index (χ1v) is 13.0. The predicted molar refractivity (Wildman–Crippen MR) is 119 cm³/mol. The van der Waals surface area contributed by atoms with Crippen molar-refractivity contribution in [3.05, 3.63) is 52.9 Å². The number of benzene rings is 1. The van der Waals surface area contributed by atoms with Crippen LogP contribution in [0.1, 0.15) is 31.5 Å². The van der Waals surface area contributed by atoms with Crippen LogP contribution in [-0.2, 0) is 4.79 Å². The number of amides is 1. The Hall–Kier alpha value is -1.76. The number of ether oxygens (including phenoxy) is 1. The Labute approximate surface area is 188 Å². The quantitative estimate of drug-likeness (QED) is 0.471. The number of carbonyl (C=O) groups excluding carboxylic acids is 1. The van der Waals surface area contributed by atoms with E-state index in [1.807, 2.05) is 41.3 Å². The van der Waals surface area contributed by atoms with E-state index in [2.05, 4.69) is 25.3 Å². The van der Waals surface area contributed by atoms with Crippen LogP contribution in [0.4, 0.5) is 0 Å². The van der Waals surface area contributed by atoms with Crippen molar-refractivity contribution in [2.24, 2.45) is 0 Å². The topological polar surface area (TPSA) is 68.2 Å². The molecule has 1 amide bonds. The maximum atomic E-state index is 11.5. The number of para-hydroxylation sites is 1. The van der Waals surface area contributed by atoms with Gasteiger partial charge in [0.2, 0.25) is 0 Å². The second-order valence-electron chi connectivity index (χ2n) is 6.78. The molecule has 3 aromatic rings. The van der Waals surface area contributed by atoms with Gasteiger partial charge in [0.25, 0.3) is 0 Å². The van der Waals surface area contributed by atoms with Gasteiger partial charge in [-0.25, -0.2) is 0 Å². The van der Waals surface area contributed by atoms with Crippen LogP contribution in [0.15, 0.2) is 47.1 Å². The van der Waals surface area contributed by atoms with Crippen LogP contribution in [-0.4, -0.2) is 54.0 Å². The molecule has 9 heteroatoms. The number of carbonyl (C=O) groups is 1. The Morgan fingerprint density at radius 1 is 1.28 bits per heavy atom. The van der Waals surface area contributed by atoms with Crippen molar-refractivity contribution in [3.8, 4) is 11.5 Å². The number of rotatable bonds is 5. The Morgan fingerprint density at radius 3 is 2.76 bits per heavy atom. The van der Waals surface area contributed by atoms with Crippen molar-refractivity contribution >= 4 is 57.4 Å². The van der Waals surface area contributed by atoms with Crippen LogP contribution >= 0.6 is 27.5 Å². The fourth-order valence-electron chi connectivity index (χ4n) is 3.21. The van der Waals surface area contributed by atoms with Crippen molar-refractivity contribution in [1.82, 2.24) is 19.2 Å². The van der Waals surface area contributed by atoms with Crippen LogP contribution in [0.25, 0.3) is 0 Å². The summed E-state index contributed by atoms with van der Waals surface area (Å²) in [4.78, 5) is 22.8. The number of pyridine rings is 1. The molecule has 0 N–H and O–H groups in total. The molecule has 4 rings (SSSR count). The second kappa shape index (κ2) is 9.37. The first-order valence-electron chi connectivity index (χ1n) is 9.33. The Bertz CT molecular complexity index is 993. The Balaban J connectivity index is 1.47. The van der Waals surface area contributed by atoms with Crippen molar-refractivity contribution in [1.29, 1.82) is 0 Å². The SMILES string of the molecule is CC(=O)N1CCC(c2nsc([AsH]c3ncc(Br)cc3Oc3ccccc3)n2)CC1. The molecule has 150 valence electrons. The first-order chi connectivity index (χ1) is 14.1. The minimum absolute atomic E-state index is 0.148. The van der Waals surface area contributed by atoms with Crippen molar-refractivity contribution in [2.45, 2.75) is 25.7 Å². The van der Waals surface area contributed by atoms with Gasteiger partial charge in [0.15, 0.2) is 0 Å². The third-order valence-corrected chi connectivity index (χ3v) is 8.81. The van der Waals surface area contributed by atoms with E-state index in [0.29, 0.717) is 5.92 Å². The predicted octanol–water partition coefficient (Wildman–Crippen LogP) is 2.60. The van der Waals surface area contributed by atoms with E-state index in [0.717, 1.165) is 56.0 Å². The van der Waals surface area contributed by atoms with Gasteiger partial charge < -0.3 is 0 Å². The average molecular weight is 535 g/mol. The molecular weight excluding hydrogens is 515 g/mol. The summed E-state index contributed by atoms with van der Waals surface area (Å²) in [5.41, 5.74) is 0.